The minimum atomic E-state index is -1.10. The number of para-hydroxylation sites is 1. The molecule has 0 saturated heterocycles. The molecule has 0 N–H and O–H groups in total. The van der Waals surface area contributed by atoms with Crippen molar-refractivity contribution in [3.05, 3.63) is 42.5 Å². The van der Waals surface area contributed by atoms with Crippen molar-refractivity contribution in [1.82, 2.24) is 0 Å². The Balaban J connectivity index is 2.36. The van der Waals surface area contributed by atoms with E-state index in [9.17, 15) is 4.79 Å². The first-order valence-electron chi connectivity index (χ1n) is 7.70. The van der Waals surface area contributed by atoms with Gasteiger partial charge in [-0.05, 0) is 38.3 Å². The van der Waals surface area contributed by atoms with Crippen LogP contribution in [0.25, 0.3) is 0 Å². The largest absolute Gasteiger partial charge is 0.462 e. The van der Waals surface area contributed by atoms with Gasteiger partial charge in [0.2, 0.25) is 0 Å². The van der Waals surface area contributed by atoms with Crippen LogP contribution in [-0.2, 0) is 19.0 Å². The smallest absolute Gasteiger partial charge is 0.333 e. The molecule has 0 fully saturated rings. The van der Waals surface area contributed by atoms with Crippen molar-refractivity contribution in [3.63, 3.8) is 0 Å². The minimum absolute atomic E-state index is 0.347. The van der Waals surface area contributed by atoms with Crippen LogP contribution >= 0.6 is 0 Å². The third-order valence-electron chi connectivity index (χ3n) is 3.35. The zero-order valence-electron chi connectivity index (χ0n) is 14.2. The van der Waals surface area contributed by atoms with Crippen LogP contribution < -0.4 is 4.74 Å². The van der Waals surface area contributed by atoms with Crippen LogP contribution in [0, 0.1) is 0 Å². The number of hydrogen-bond acceptors (Lipinski definition) is 5. The third-order valence-corrected chi connectivity index (χ3v) is 3.35. The van der Waals surface area contributed by atoms with E-state index in [1.54, 1.807) is 21.1 Å². The molecule has 5 heteroatoms. The molecule has 0 aromatic heterocycles. The quantitative estimate of drug-likeness (QED) is 0.269. The van der Waals surface area contributed by atoms with Gasteiger partial charge in [-0.15, -0.1) is 0 Å². The lowest BCUT2D eigenvalue weighted by Crippen LogP contribution is -2.40. The zero-order valence-corrected chi connectivity index (χ0v) is 14.2. The maximum absolute atomic E-state index is 11.2. The molecule has 0 bridgehead atoms. The Bertz CT molecular complexity index is 479. The first kappa shape index (κ1) is 19.2. The average molecular weight is 322 g/mol. The molecule has 5 nitrogen and oxygen atoms in total. The van der Waals surface area contributed by atoms with Crippen molar-refractivity contribution in [3.8, 4) is 5.75 Å². The predicted octanol–water partition coefficient (Wildman–Crippen LogP) is 3.69. The topological polar surface area (TPSA) is 54.0 Å². The Morgan fingerprint density at radius 1 is 1.09 bits per heavy atom. The Morgan fingerprint density at radius 3 is 2.30 bits per heavy atom. The first-order chi connectivity index (χ1) is 11.0. The number of unbranched alkanes of at least 4 members (excludes halogenated alkanes) is 2. The molecule has 128 valence electrons. The fourth-order valence-corrected chi connectivity index (χ4v) is 2.00. The van der Waals surface area contributed by atoms with Gasteiger partial charge in [0.15, 0.2) is 0 Å². The van der Waals surface area contributed by atoms with Gasteiger partial charge < -0.3 is 18.9 Å². The molecule has 0 aliphatic rings. The normalized spacial score (nSPS) is 11.1. The molecule has 1 aromatic carbocycles. The number of esters is 1. The van der Waals surface area contributed by atoms with E-state index in [-0.39, 0.29) is 5.97 Å². The first-order valence-corrected chi connectivity index (χ1v) is 7.70. The van der Waals surface area contributed by atoms with Crippen LogP contribution in [0.1, 0.15) is 32.6 Å². The van der Waals surface area contributed by atoms with Crippen molar-refractivity contribution in [2.24, 2.45) is 0 Å². The Hall–Kier alpha value is -1.85. The van der Waals surface area contributed by atoms with Gasteiger partial charge >= 0.3 is 11.9 Å². The highest BCUT2D eigenvalue weighted by molar-refractivity contribution is 5.86. The summed E-state index contributed by atoms with van der Waals surface area (Å²) in [5.74, 6) is -0.762. The van der Waals surface area contributed by atoms with Crippen LogP contribution in [0.5, 0.6) is 5.75 Å². The second-order valence-electron chi connectivity index (χ2n) is 5.23. The molecular weight excluding hydrogens is 296 g/mol. The SMILES string of the molecule is C=C(C)C(=O)OCCCCCC(OC)(OC)Oc1ccccc1. The van der Waals surface area contributed by atoms with Crippen molar-refractivity contribution in [2.45, 2.75) is 38.6 Å². The molecule has 0 heterocycles. The molecule has 0 amide bonds. The second-order valence-corrected chi connectivity index (χ2v) is 5.23. The van der Waals surface area contributed by atoms with Gasteiger partial charge in [0.1, 0.15) is 5.75 Å². The summed E-state index contributed by atoms with van der Waals surface area (Å²) >= 11 is 0. The lowest BCUT2D eigenvalue weighted by Gasteiger charge is -2.30. The molecule has 0 atom stereocenters. The minimum Gasteiger partial charge on any atom is -0.462 e. The zero-order chi connectivity index (χ0) is 17.1. The van der Waals surface area contributed by atoms with Crippen LogP contribution in [0.4, 0.5) is 0 Å². The fourth-order valence-electron chi connectivity index (χ4n) is 2.00. The number of carbonyl (C=O) groups is 1. The molecule has 1 aromatic rings. The summed E-state index contributed by atoms with van der Waals surface area (Å²) in [7, 11) is 3.11. The van der Waals surface area contributed by atoms with Crippen LogP contribution in [-0.4, -0.2) is 32.8 Å². The fraction of sp³-hybridized carbons (Fsp3) is 0.500. The predicted molar refractivity (Wildman–Crippen MR) is 88.1 cm³/mol. The number of methoxy groups -OCH3 is 2. The summed E-state index contributed by atoms with van der Waals surface area (Å²) in [6.07, 6.45) is 3.03. The van der Waals surface area contributed by atoms with E-state index in [2.05, 4.69) is 6.58 Å². The van der Waals surface area contributed by atoms with E-state index in [0.29, 0.717) is 24.4 Å². The summed E-state index contributed by atoms with van der Waals surface area (Å²) in [5.41, 5.74) is 0.416. The number of benzene rings is 1. The molecule has 0 aliphatic heterocycles. The molecule has 0 aliphatic carbocycles. The van der Waals surface area contributed by atoms with E-state index in [4.69, 9.17) is 18.9 Å². The van der Waals surface area contributed by atoms with Crippen molar-refractivity contribution < 1.29 is 23.7 Å². The maximum atomic E-state index is 11.2. The lowest BCUT2D eigenvalue weighted by atomic mass is 10.1. The van der Waals surface area contributed by atoms with Crippen molar-refractivity contribution >= 4 is 5.97 Å². The van der Waals surface area contributed by atoms with Crippen LogP contribution in [0.2, 0.25) is 0 Å². The average Bonchev–Trinajstić information content (AvgIpc) is 2.57. The maximum Gasteiger partial charge on any atom is 0.333 e. The molecule has 23 heavy (non-hydrogen) atoms. The molecule has 0 spiro atoms. The lowest BCUT2D eigenvalue weighted by molar-refractivity contribution is -0.325. The van der Waals surface area contributed by atoms with Gasteiger partial charge in [-0.2, -0.15) is 0 Å². The Kier molecular flexibility index (Phi) is 8.37. The highest BCUT2D eigenvalue weighted by Gasteiger charge is 2.31. The van der Waals surface area contributed by atoms with Crippen LogP contribution in [0.15, 0.2) is 42.5 Å². The van der Waals surface area contributed by atoms with E-state index in [0.717, 1.165) is 19.3 Å². The monoisotopic (exact) mass is 322 g/mol. The van der Waals surface area contributed by atoms with Gasteiger partial charge in [0, 0.05) is 26.2 Å². The summed E-state index contributed by atoms with van der Waals surface area (Å²) < 4.78 is 21.7. The molecule has 0 saturated carbocycles. The number of rotatable bonds is 11. The Morgan fingerprint density at radius 2 is 1.74 bits per heavy atom. The molecule has 0 radical (unpaired) electrons. The summed E-state index contributed by atoms with van der Waals surface area (Å²) in [6.45, 7) is 5.56. The molecule has 0 unspecified atom stereocenters. The summed E-state index contributed by atoms with van der Waals surface area (Å²) in [5, 5.41) is 0. The van der Waals surface area contributed by atoms with E-state index < -0.39 is 5.97 Å². The van der Waals surface area contributed by atoms with Gasteiger partial charge in [-0.3, -0.25) is 0 Å². The second kappa shape index (κ2) is 10.0. The number of ether oxygens (including phenoxy) is 4. The van der Waals surface area contributed by atoms with Crippen LogP contribution in [0.3, 0.4) is 0 Å². The highest BCUT2D eigenvalue weighted by Crippen LogP contribution is 2.25. The van der Waals surface area contributed by atoms with Crippen molar-refractivity contribution in [2.75, 3.05) is 20.8 Å². The van der Waals surface area contributed by atoms with E-state index in [1.807, 2.05) is 30.3 Å². The molecular formula is C18H26O5. The van der Waals surface area contributed by atoms with E-state index >= 15 is 0 Å². The van der Waals surface area contributed by atoms with Gasteiger partial charge in [0.25, 0.3) is 0 Å². The standard InChI is InChI=1S/C18H26O5/c1-15(2)17(19)22-14-10-6-9-13-18(20-3,21-4)23-16-11-7-5-8-12-16/h5,7-8,11-12H,1,6,9-10,13-14H2,2-4H3. The van der Waals surface area contributed by atoms with Crippen molar-refractivity contribution in [1.29, 1.82) is 0 Å². The van der Waals surface area contributed by atoms with Gasteiger partial charge in [-0.1, -0.05) is 24.8 Å². The molecule has 1 rings (SSSR count). The summed E-state index contributed by atoms with van der Waals surface area (Å²) in [4.78, 5) is 11.2. The third kappa shape index (κ3) is 6.84. The van der Waals surface area contributed by atoms with E-state index in [1.165, 1.54) is 0 Å². The summed E-state index contributed by atoms with van der Waals surface area (Å²) in [6, 6.07) is 9.40. The van der Waals surface area contributed by atoms with Gasteiger partial charge in [0.05, 0.1) is 6.61 Å². The van der Waals surface area contributed by atoms with Gasteiger partial charge in [-0.25, -0.2) is 4.79 Å². The number of carbonyl (C=O) groups excluding carboxylic acids is 1. The highest BCUT2D eigenvalue weighted by atomic mass is 16.9. The Labute approximate surface area is 138 Å². The number of hydrogen-bond donors (Lipinski definition) is 0.